The topological polar surface area (TPSA) is 41.9 Å². The first kappa shape index (κ1) is 19.5. The van der Waals surface area contributed by atoms with E-state index in [0.29, 0.717) is 30.6 Å². The van der Waals surface area contributed by atoms with E-state index in [1.54, 1.807) is 11.8 Å². The van der Waals surface area contributed by atoms with E-state index in [1.807, 2.05) is 18.2 Å². The van der Waals surface area contributed by atoms with Gasteiger partial charge in [-0.05, 0) is 47.7 Å². The molecule has 148 valence electrons. The first-order valence-electron chi connectivity index (χ1n) is 9.92. The van der Waals surface area contributed by atoms with Gasteiger partial charge in [0, 0.05) is 10.6 Å². The van der Waals surface area contributed by atoms with E-state index in [0.717, 1.165) is 24.0 Å². The predicted octanol–water partition coefficient (Wildman–Crippen LogP) is 5.50. The van der Waals surface area contributed by atoms with Gasteiger partial charge in [0.05, 0.1) is 19.7 Å². The Morgan fingerprint density at radius 3 is 2.72 bits per heavy atom. The normalized spacial score (nSPS) is 13.6. The van der Waals surface area contributed by atoms with Gasteiger partial charge in [-0.3, -0.25) is 9.89 Å². The van der Waals surface area contributed by atoms with Crippen LogP contribution in [0.15, 0.2) is 65.7 Å². The Balaban J connectivity index is 1.64. The van der Waals surface area contributed by atoms with Crippen molar-refractivity contribution in [2.75, 3.05) is 19.7 Å². The molecule has 0 atom stereocenters. The standard InChI is InChI=1S/C24H23ClN2O2/c1-2-29-24(28)27-16-15-26-23(27)21-11-6-12-22(25)20(21)14-13-18-9-5-8-17-7-3-4-10-19(17)18/h3-12H,2,13-16H2,1H3. The van der Waals surface area contributed by atoms with Crippen molar-refractivity contribution in [1.82, 2.24) is 4.90 Å². The molecule has 0 radical (unpaired) electrons. The minimum absolute atomic E-state index is 0.339. The Morgan fingerprint density at radius 2 is 1.86 bits per heavy atom. The summed E-state index contributed by atoms with van der Waals surface area (Å²) >= 11 is 6.59. The van der Waals surface area contributed by atoms with E-state index < -0.39 is 0 Å². The number of hydrogen-bond acceptors (Lipinski definition) is 3. The first-order valence-corrected chi connectivity index (χ1v) is 10.3. The number of fused-ring (bicyclic) bond motifs is 1. The fraction of sp³-hybridized carbons (Fsp3) is 0.250. The Morgan fingerprint density at radius 1 is 1.07 bits per heavy atom. The molecule has 0 spiro atoms. The van der Waals surface area contributed by atoms with Gasteiger partial charge in [-0.2, -0.15) is 0 Å². The van der Waals surface area contributed by atoms with E-state index in [4.69, 9.17) is 16.3 Å². The number of hydrogen-bond donors (Lipinski definition) is 0. The van der Waals surface area contributed by atoms with Crippen LogP contribution in [0.1, 0.15) is 23.6 Å². The fourth-order valence-electron chi connectivity index (χ4n) is 3.85. The third-order valence-electron chi connectivity index (χ3n) is 5.21. The highest BCUT2D eigenvalue weighted by Crippen LogP contribution is 2.27. The van der Waals surface area contributed by atoms with Crippen LogP contribution >= 0.6 is 11.6 Å². The summed E-state index contributed by atoms with van der Waals surface area (Å²) in [4.78, 5) is 18.5. The van der Waals surface area contributed by atoms with Crippen molar-refractivity contribution in [3.05, 3.63) is 82.4 Å². The van der Waals surface area contributed by atoms with Crippen molar-refractivity contribution in [2.45, 2.75) is 19.8 Å². The number of ether oxygens (including phenoxy) is 1. The van der Waals surface area contributed by atoms with Gasteiger partial charge in [-0.15, -0.1) is 0 Å². The number of benzene rings is 3. The summed E-state index contributed by atoms with van der Waals surface area (Å²) in [5.41, 5.74) is 3.20. The van der Waals surface area contributed by atoms with Crippen LogP contribution in [-0.2, 0) is 17.6 Å². The zero-order valence-electron chi connectivity index (χ0n) is 16.4. The average molecular weight is 407 g/mol. The highest BCUT2D eigenvalue weighted by atomic mass is 35.5. The highest BCUT2D eigenvalue weighted by molar-refractivity contribution is 6.32. The molecule has 0 saturated carbocycles. The summed E-state index contributed by atoms with van der Waals surface area (Å²) in [6.45, 7) is 3.25. The molecule has 1 amide bonds. The molecule has 4 nitrogen and oxygen atoms in total. The quantitative estimate of drug-likeness (QED) is 0.561. The second-order valence-corrected chi connectivity index (χ2v) is 7.37. The third kappa shape index (κ3) is 3.99. The summed E-state index contributed by atoms with van der Waals surface area (Å²) in [7, 11) is 0. The maximum absolute atomic E-state index is 12.3. The molecule has 0 aliphatic carbocycles. The Hall–Kier alpha value is -2.85. The lowest BCUT2D eigenvalue weighted by molar-refractivity contribution is 0.130. The number of rotatable bonds is 5. The lowest BCUT2D eigenvalue weighted by atomic mass is 9.96. The molecule has 3 aromatic carbocycles. The second-order valence-electron chi connectivity index (χ2n) is 6.96. The number of carbonyl (C=O) groups is 1. The van der Waals surface area contributed by atoms with E-state index in [2.05, 4.69) is 47.5 Å². The molecule has 0 unspecified atom stereocenters. The van der Waals surface area contributed by atoms with Crippen LogP contribution in [0.3, 0.4) is 0 Å². The molecule has 1 aliphatic rings. The predicted molar refractivity (Wildman–Crippen MR) is 118 cm³/mol. The molecule has 5 heteroatoms. The van der Waals surface area contributed by atoms with E-state index >= 15 is 0 Å². The fourth-order valence-corrected chi connectivity index (χ4v) is 4.12. The second kappa shape index (κ2) is 8.66. The maximum Gasteiger partial charge on any atom is 0.415 e. The molecular weight excluding hydrogens is 384 g/mol. The number of nitrogens with zero attached hydrogens (tertiary/aromatic N) is 2. The van der Waals surface area contributed by atoms with Gasteiger partial charge in [0.25, 0.3) is 0 Å². The van der Waals surface area contributed by atoms with Crippen molar-refractivity contribution in [1.29, 1.82) is 0 Å². The summed E-state index contributed by atoms with van der Waals surface area (Å²) in [6, 6.07) is 20.6. The molecule has 0 N–H and O–H groups in total. The van der Waals surface area contributed by atoms with Crippen molar-refractivity contribution in [3.63, 3.8) is 0 Å². The Kier molecular flexibility index (Phi) is 5.81. The van der Waals surface area contributed by atoms with E-state index in [-0.39, 0.29) is 6.09 Å². The minimum Gasteiger partial charge on any atom is -0.449 e. The van der Waals surface area contributed by atoms with Gasteiger partial charge >= 0.3 is 6.09 Å². The molecule has 3 aromatic rings. The monoisotopic (exact) mass is 406 g/mol. The van der Waals surface area contributed by atoms with Gasteiger partial charge in [0.15, 0.2) is 0 Å². The number of halogens is 1. The zero-order valence-corrected chi connectivity index (χ0v) is 17.2. The van der Waals surface area contributed by atoms with Gasteiger partial charge < -0.3 is 4.74 Å². The molecule has 0 saturated heterocycles. The van der Waals surface area contributed by atoms with Crippen LogP contribution < -0.4 is 0 Å². The molecule has 0 bridgehead atoms. The molecule has 4 rings (SSSR count). The largest absolute Gasteiger partial charge is 0.449 e. The molecule has 0 aromatic heterocycles. The lowest BCUT2D eigenvalue weighted by Crippen LogP contribution is -2.35. The molecule has 1 aliphatic heterocycles. The first-order chi connectivity index (χ1) is 14.2. The van der Waals surface area contributed by atoms with Crippen molar-refractivity contribution >= 4 is 34.3 Å². The molecule has 0 fully saturated rings. The van der Waals surface area contributed by atoms with Gasteiger partial charge in [0.1, 0.15) is 5.84 Å². The van der Waals surface area contributed by atoms with Crippen molar-refractivity contribution in [2.24, 2.45) is 4.99 Å². The highest BCUT2D eigenvalue weighted by Gasteiger charge is 2.28. The van der Waals surface area contributed by atoms with Crippen LogP contribution in [-0.4, -0.2) is 36.5 Å². The number of aliphatic imine (C=N–C) groups is 1. The minimum atomic E-state index is -0.358. The van der Waals surface area contributed by atoms with Gasteiger partial charge in [-0.1, -0.05) is 66.2 Å². The Bertz CT molecular complexity index is 1070. The van der Waals surface area contributed by atoms with E-state index in [9.17, 15) is 4.79 Å². The number of aryl methyl sites for hydroxylation is 1. The molecular formula is C24H23ClN2O2. The molecule has 1 heterocycles. The zero-order chi connectivity index (χ0) is 20.2. The summed E-state index contributed by atoms with van der Waals surface area (Å²) in [6.07, 6.45) is 1.26. The number of amides is 1. The van der Waals surface area contributed by atoms with Crippen LogP contribution in [0.5, 0.6) is 0 Å². The van der Waals surface area contributed by atoms with Crippen LogP contribution in [0, 0.1) is 0 Å². The lowest BCUT2D eigenvalue weighted by Gasteiger charge is -2.20. The van der Waals surface area contributed by atoms with Gasteiger partial charge in [-0.25, -0.2) is 4.79 Å². The van der Waals surface area contributed by atoms with Crippen LogP contribution in [0.2, 0.25) is 5.02 Å². The van der Waals surface area contributed by atoms with Crippen molar-refractivity contribution in [3.8, 4) is 0 Å². The summed E-state index contributed by atoms with van der Waals surface area (Å²) in [5.74, 6) is 0.652. The van der Waals surface area contributed by atoms with Crippen LogP contribution in [0.4, 0.5) is 4.79 Å². The Labute approximate surface area is 175 Å². The average Bonchev–Trinajstić information content (AvgIpc) is 3.23. The van der Waals surface area contributed by atoms with Gasteiger partial charge in [0.2, 0.25) is 0 Å². The third-order valence-corrected chi connectivity index (χ3v) is 5.57. The smallest absolute Gasteiger partial charge is 0.415 e. The van der Waals surface area contributed by atoms with Crippen LogP contribution in [0.25, 0.3) is 10.8 Å². The molecule has 29 heavy (non-hydrogen) atoms. The number of carbonyl (C=O) groups excluding carboxylic acids is 1. The van der Waals surface area contributed by atoms with Crippen molar-refractivity contribution < 1.29 is 9.53 Å². The SMILES string of the molecule is CCOC(=O)N1CCN=C1c1cccc(Cl)c1CCc1cccc2ccccc12. The number of amidine groups is 1. The summed E-state index contributed by atoms with van der Waals surface area (Å²) < 4.78 is 5.20. The summed E-state index contributed by atoms with van der Waals surface area (Å²) in [5, 5.41) is 3.19. The van der Waals surface area contributed by atoms with E-state index in [1.165, 1.54) is 16.3 Å². The maximum atomic E-state index is 12.3.